The minimum atomic E-state index is -0.167. The first-order chi connectivity index (χ1) is 9.59. The minimum absolute atomic E-state index is 0.167. The van der Waals surface area contributed by atoms with Gasteiger partial charge in [0.05, 0.1) is 0 Å². The minimum Gasteiger partial charge on any atom is -0.445 e. The van der Waals surface area contributed by atoms with Gasteiger partial charge in [0.15, 0.2) is 0 Å². The number of carbonyl (C=O) groups excluding carboxylic acids is 1. The number of piperidine rings is 1. The summed E-state index contributed by atoms with van der Waals surface area (Å²) >= 11 is 0. The van der Waals surface area contributed by atoms with Crippen molar-refractivity contribution >= 4 is 6.09 Å². The molecule has 0 bridgehead atoms. The second kappa shape index (κ2) is 5.09. The van der Waals surface area contributed by atoms with Crippen LogP contribution in [0.3, 0.4) is 0 Å². The summed E-state index contributed by atoms with van der Waals surface area (Å²) in [5.41, 5.74) is 1.38. The van der Waals surface area contributed by atoms with Crippen LogP contribution < -0.4 is 0 Å². The fourth-order valence-electron chi connectivity index (χ4n) is 3.42. The molecule has 1 saturated carbocycles. The highest BCUT2D eigenvalue weighted by Gasteiger charge is 2.60. The molecule has 4 nitrogen and oxygen atoms in total. The second-order valence-corrected chi connectivity index (χ2v) is 6.42. The van der Waals surface area contributed by atoms with E-state index in [1.807, 2.05) is 35.2 Å². The van der Waals surface area contributed by atoms with Gasteiger partial charge in [-0.05, 0) is 32.0 Å². The summed E-state index contributed by atoms with van der Waals surface area (Å²) in [7, 11) is 4.20. The maximum absolute atomic E-state index is 12.1. The van der Waals surface area contributed by atoms with Crippen LogP contribution in [-0.2, 0) is 11.3 Å². The second-order valence-electron chi connectivity index (χ2n) is 6.42. The molecule has 1 aromatic carbocycles. The molecule has 0 spiro atoms. The number of hydrogen-bond donors (Lipinski definition) is 0. The monoisotopic (exact) mass is 274 g/mol. The van der Waals surface area contributed by atoms with E-state index in [-0.39, 0.29) is 6.09 Å². The number of rotatable bonds is 4. The molecule has 4 heteroatoms. The largest absolute Gasteiger partial charge is 0.445 e. The Morgan fingerprint density at radius 1 is 1.40 bits per heavy atom. The SMILES string of the molecule is CN(C)C[C@]12CC1CN(C(=O)OCc1ccccc1)C2. The predicted molar refractivity (Wildman–Crippen MR) is 77.3 cm³/mol. The van der Waals surface area contributed by atoms with Gasteiger partial charge in [-0.3, -0.25) is 0 Å². The van der Waals surface area contributed by atoms with E-state index in [9.17, 15) is 4.79 Å². The van der Waals surface area contributed by atoms with E-state index in [0.717, 1.165) is 25.2 Å². The Labute approximate surface area is 120 Å². The van der Waals surface area contributed by atoms with E-state index in [4.69, 9.17) is 4.74 Å². The molecule has 0 radical (unpaired) electrons. The Hall–Kier alpha value is -1.55. The Morgan fingerprint density at radius 2 is 2.15 bits per heavy atom. The molecule has 2 atom stereocenters. The van der Waals surface area contributed by atoms with Crippen LogP contribution in [-0.4, -0.2) is 49.6 Å². The third-order valence-electron chi connectivity index (χ3n) is 4.40. The molecule has 108 valence electrons. The molecular weight excluding hydrogens is 252 g/mol. The van der Waals surface area contributed by atoms with Gasteiger partial charge in [0, 0.05) is 25.0 Å². The molecule has 1 heterocycles. The zero-order chi connectivity index (χ0) is 14.2. The lowest BCUT2D eigenvalue weighted by atomic mass is 10.1. The molecule has 3 rings (SSSR count). The van der Waals surface area contributed by atoms with E-state index >= 15 is 0 Å². The molecule has 0 N–H and O–H groups in total. The Bertz CT molecular complexity index is 489. The number of ether oxygens (including phenoxy) is 1. The number of carbonyl (C=O) groups is 1. The average Bonchev–Trinajstić information content (AvgIpc) is 2.96. The van der Waals surface area contributed by atoms with Crippen molar-refractivity contribution in [2.75, 3.05) is 33.7 Å². The third-order valence-corrected chi connectivity index (χ3v) is 4.40. The highest BCUT2D eigenvalue weighted by molar-refractivity contribution is 5.68. The van der Waals surface area contributed by atoms with Gasteiger partial charge in [-0.1, -0.05) is 30.3 Å². The fraction of sp³-hybridized carbons (Fsp3) is 0.562. The van der Waals surface area contributed by atoms with Gasteiger partial charge in [0.1, 0.15) is 6.61 Å². The molecule has 1 aliphatic carbocycles. The van der Waals surface area contributed by atoms with Crippen molar-refractivity contribution in [2.24, 2.45) is 11.3 Å². The summed E-state index contributed by atoms with van der Waals surface area (Å²) in [6.45, 7) is 3.15. The van der Waals surface area contributed by atoms with Crippen molar-refractivity contribution in [3.8, 4) is 0 Å². The highest BCUT2D eigenvalue weighted by Crippen LogP contribution is 2.57. The van der Waals surface area contributed by atoms with Gasteiger partial charge in [0.2, 0.25) is 0 Å². The maximum Gasteiger partial charge on any atom is 0.410 e. The van der Waals surface area contributed by atoms with Gasteiger partial charge in [-0.25, -0.2) is 4.79 Å². The third kappa shape index (κ3) is 2.66. The van der Waals surface area contributed by atoms with Crippen LogP contribution in [0.1, 0.15) is 12.0 Å². The predicted octanol–water partition coefficient (Wildman–Crippen LogP) is 2.21. The molecule has 1 aliphatic heterocycles. The number of hydrogen-bond acceptors (Lipinski definition) is 3. The zero-order valence-corrected chi connectivity index (χ0v) is 12.2. The molecule has 0 aromatic heterocycles. The normalized spacial score (nSPS) is 27.6. The molecule has 1 aromatic rings. The summed E-state index contributed by atoms with van der Waals surface area (Å²) in [4.78, 5) is 16.2. The van der Waals surface area contributed by atoms with Crippen molar-refractivity contribution in [3.63, 3.8) is 0 Å². The summed E-state index contributed by atoms with van der Waals surface area (Å²) in [6, 6.07) is 9.83. The molecule has 2 aliphatic rings. The average molecular weight is 274 g/mol. The Balaban J connectivity index is 1.50. The van der Waals surface area contributed by atoms with Gasteiger partial charge < -0.3 is 14.5 Å². The Morgan fingerprint density at radius 3 is 2.85 bits per heavy atom. The van der Waals surface area contributed by atoms with Gasteiger partial charge >= 0.3 is 6.09 Å². The molecule has 20 heavy (non-hydrogen) atoms. The van der Waals surface area contributed by atoms with E-state index in [2.05, 4.69) is 19.0 Å². The van der Waals surface area contributed by atoms with E-state index < -0.39 is 0 Å². The van der Waals surface area contributed by atoms with Gasteiger partial charge in [0.25, 0.3) is 0 Å². The molecule has 1 amide bonds. The topological polar surface area (TPSA) is 32.8 Å². The van der Waals surface area contributed by atoms with E-state index in [0.29, 0.717) is 17.9 Å². The quantitative estimate of drug-likeness (QED) is 0.844. The Kier molecular flexibility index (Phi) is 3.42. The first-order valence-electron chi connectivity index (χ1n) is 7.19. The summed E-state index contributed by atoms with van der Waals surface area (Å²) < 4.78 is 5.40. The number of amides is 1. The molecule has 1 saturated heterocycles. The zero-order valence-electron chi connectivity index (χ0n) is 12.2. The smallest absolute Gasteiger partial charge is 0.410 e. The van der Waals surface area contributed by atoms with Crippen LogP contribution in [0.2, 0.25) is 0 Å². The van der Waals surface area contributed by atoms with Crippen LogP contribution in [0.4, 0.5) is 4.79 Å². The van der Waals surface area contributed by atoms with Crippen LogP contribution in [0.5, 0.6) is 0 Å². The highest BCUT2D eigenvalue weighted by atomic mass is 16.6. The lowest BCUT2D eigenvalue weighted by Crippen LogP contribution is -2.35. The van der Waals surface area contributed by atoms with Crippen molar-refractivity contribution in [1.29, 1.82) is 0 Å². The van der Waals surface area contributed by atoms with Crippen molar-refractivity contribution in [2.45, 2.75) is 13.0 Å². The van der Waals surface area contributed by atoms with Gasteiger partial charge in [-0.15, -0.1) is 0 Å². The number of benzene rings is 1. The lowest BCUT2D eigenvalue weighted by molar-refractivity contribution is 0.0968. The van der Waals surface area contributed by atoms with Crippen LogP contribution in [0.25, 0.3) is 0 Å². The maximum atomic E-state index is 12.1. The summed E-state index contributed by atoms with van der Waals surface area (Å²) in [5.74, 6) is 0.675. The van der Waals surface area contributed by atoms with Crippen LogP contribution in [0, 0.1) is 11.3 Å². The van der Waals surface area contributed by atoms with Crippen molar-refractivity contribution in [3.05, 3.63) is 35.9 Å². The molecule has 2 fully saturated rings. The first kappa shape index (κ1) is 13.4. The number of nitrogens with zero attached hydrogens (tertiary/aromatic N) is 2. The first-order valence-corrected chi connectivity index (χ1v) is 7.19. The fourth-order valence-corrected chi connectivity index (χ4v) is 3.42. The van der Waals surface area contributed by atoms with E-state index in [1.165, 1.54) is 6.42 Å². The molecular formula is C16H22N2O2. The van der Waals surface area contributed by atoms with Crippen LogP contribution >= 0.6 is 0 Å². The van der Waals surface area contributed by atoms with Gasteiger partial charge in [-0.2, -0.15) is 0 Å². The summed E-state index contributed by atoms with van der Waals surface area (Å²) in [5, 5.41) is 0. The number of fused-ring (bicyclic) bond motifs is 1. The van der Waals surface area contributed by atoms with Crippen LogP contribution in [0.15, 0.2) is 30.3 Å². The van der Waals surface area contributed by atoms with Crippen molar-refractivity contribution < 1.29 is 9.53 Å². The van der Waals surface area contributed by atoms with E-state index in [1.54, 1.807) is 0 Å². The lowest BCUT2D eigenvalue weighted by Gasteiger charge is -2.22. The molecule has 1 unspecified atom stereocenters. The van der Waals surface area contributed by atoms with Crippen molar-refractivity contribution in [1.82, 2.24) is 9.80 Å². The summed E-state index contributed by atoms with van der Waals surface area (Å²) in [6.07, 6.45) is 1.09. The standard InChI is InChI=1S/C16H22N2O2/c1-17(2)11-16-8-14(16)9-18(12-16)15(19)20-10-13-6-4-3-5-7-13/h3-7,14H,8-12H2,1-2H3/t14?,16-/m0/s1. The number of likely N-dealkylation sites (tertiary alicyclic amines) is 1.